The Balaban J connectivity index is 3.48. The summed E-state index contributed by atoms with van der Waals surface area (Å²) in [6.07, 6.45) is 2.98. The van der Waals surface area contributed by atoms with Gasteiger partial charge in [-0.3, -0.25) is 9.59 Å². The molecule has 0 aromatic heterocycles. The molecule has 0 amide bonds. The van der Waals surface area contributed by atoms with Crippen molar-refractivity contribution in [2.24, 2.45) is 11.8 Å². The molecular formula is C21H32O5. The van der Waals surface area contributed by atoms with E-state index < -0.39 is 23.8 Å². The summed E-state index contributed by atoms with van der Waals surface area (Å²) in [4.78, 5) is 23.9. The van der Waals surface area contributed by atoms with Gasteiger partial charge in [0.25, 0.3) is 0 Å². The van der Waals surface area contributed by atoms with Crippen molar-refractivity contribution >= 4 is 11.9 Å². The molecule has 1 rings (SSSR count). The lowest BCUT2D eigenvalue weighted by molar-refractivity contribution is -0.141. The van der Waals surface area contributed by atoms with E-state index >= 15 is 0 Å². The number of carbonyl (C=O) groups is 2. The van der Waals surface area contributed by atoms with Crippen molar-refractivity contribution < 1.29 is 24.5 Å². The van der Waals surface area contributed by atoms with E-state index in [4.69, 9.17) is 4.74 Å². The van der Waals surface area contributed by atoms with E-state index in [1.807, 2.05) is 27.7 Å². The quantitative estimate of drug-likeness (QED) is 0.545. The van der Waals surface area contributed by atoms with Gasteiger partial charge in [-0.15, -0.1) is 0 Å². The van der Waals surface area contributed by atoms with Crippen molar-refractivity contribution in [3.05, 3.63) is 29.3 Å². The summed E-state index contributed by atoms with van der Waals surface area (Å²) in [7, 11) is 0. The van der Waals surface area contributed by atoms with E-state index in [9.17, 15) is 19.8 Å². The van der Waals surface area contributed by atoms with E-state index in [-0.39, 0.29) is 11.8 Å². The Labute approximate surface area is 156 Å². The topological polar surface area (TPSA) is 83.8 Å². The highest BCUT2D eigenvalue weighted by Crippen LogP contribution is 2.40. The van der Waals surface area contributed by atoms with Gasteiger partial charge in [0.2, 0.25) is 0 Å². The third-order valence-electron chi connectivity index (χ3n) is 4.62. The zero-order valence-electron chi connectivity index (χ0n) is 16.5. The maximum absolute atomic E-state index is 12.0. The number of unbranched alkanes of at least 4 members (excludes halogenated alkanes) is 2. The molecule has 0 spiro atoms. The number of rotatable bonds is 11. The van der Waals surface area contributed by atoms with E-state index in [2.05, 4.69) is 6.92 Å². The SMILES string of the molecule is CCCCCOc1cccc(C(C(=O)O)C(C)C)c1C(C(=O)O)C(C)C. The molecule has 0 saturated heterocycles. The second kappa shape index (κ2) is 10.2. The van der Waals surface area contributed by atoms with Crippen LogP contribution in [0, 0.1) is 11.8 Å². The molecule has 0 saturated carbocycles. The Bertz CT molecular complexity index is 606. The predicted octanol–water partition coefficient (Wildman–Crippen LogP) is 4.90. The minimum absolute atomic E-state index is 0.164. The summed E-state index contributed by atoms with van der Waals surface area (Å²) in [5, 5.41) is 19.5. The minimum atomic E-state index is -0.959. The lowest BCUT2D eigenvalue weighted by Gasteiger charge is -2.27. The van der Waals surface area contributed by atoms with Gasteiger partial charge >= 0.3 is 11.9 Å². The zero-order valence-corrected chi connectivity index (χ0v) is 16.5. The maximum Gasteiger partial charge on any atom is 0.311 e. The molecule has 5 heteroatoms. The van der Waals surface area contributed by atoms with Crippen LogP contribution in [0.15, 0.2) is 18.2 Å². The van der Waals surface area contributed by atoms with Gasteiger partial charge in [-0.1, -0.05) is 59.6 Å². The molecule has 26 heavy (non-hydrogen) atoms. The molecule has 0 fully saturated rings. The van der Waals surface area contributed by atoms with E-state index in [1.54, 1.807) is 18.2 Å². The molecule has 0 aliphatic heterocycles. The smallest absolute Gasteiger partial charge is 0.311 e. The van der Waals surface area contributed by atoms with Crippen molar-refractivity contribution in [1.29, 1.82) is 0 Å². The van der Waals surface area contributed by atoms with Gasteiger partial charge in [-0.25, -0.2) is 0 Å². The van der Waals surface area contributed by atoms with Gasteiger partial charge in [0.15, 0.2) is 0 Å². The first kappa shape index (κ1) is 22.0. The molecule has 0 aliphatic carbocycles. The largest absolute Gasteiger partial charge is 0.493 e. The fourth-order valence-electron chi connectivity index (χ4n) is 3.34. The molecule has 0 radical (unpaired) electrons. The van der Waals surface area contributed by atoms with Gasteiger partial charge in [0, 0.05) is 5.56 Å². The van der Waals surface area contributed by atoms with Crippen LogP contribution in [-0.2, 0) is 9.59 Å². The van der Waals surface area contributed by atoms with Crippen LogP contribution >= 0.6 is 0 Å². The first-order chi connectivity index (χ1) is 12.2. The molecule has 5 nitrogen and oxygen atoms in total. The fourth-order valence-corrected chi connectivity index (χ4v) is 3.34. The van der Waals surface area contributed by atoms with E-state index in [0.717, 1.165) is 19.3 Å². The molecule has 146 valence electrons. The fraction of sp³-hybridized carbons (Fsp3) is 0.619. The summed E-state index contributed by atoms with van der Waals surface area (Å²) in [6.45, 7) is 9.94. The third kappa shape index (κ3) is 5.48. The molecule has 1 aromatic rings. The second-order valence-electron chi connectivity index (χ2n) is 7.43. The normalized spacial score (nSPS) is 13.7. The van der Waals surface area contributed by atoms with Crippen molar-refractivity contribution in [3.63, 3.8) is 0 Å². The molecule has 0 bridgehead atoms. The summed E-state index contributed by atoms with van der Waals surface area (Å²) >= 11 is 0. The monoisotopic (exact) mass is 364 g/mol. The maximum atomic E-state index is 12.0. The molecule has 0 aliphatic rings. The van der Waals surface area contributed by atoms with Crippen LogP contribution in [0.4, 0.5) is 0 Å². The van der Waals surface area contributed by atoms with Crippen LogP contribution in [0.25, 0.3) is 0 Å². The molecule has 0 heterocycles. The Hall–Kier alpha value is -2.04. The van der Waals surface area contributed by atoms with Crippen LogP contribution in [0.1, 0.15) is 76.8 Å². The Morgan fingerprint density at radius 2 is 1.54 bits per heavy atom. The third-order valence-corrected chi connectivity index (χ3v) is 4.62. The lowest BCUT2D eigenvalue weighted by atomic mass is 9.78. The number of carboxylic acid groups (broad SMARTS) is 2. The Morgan fingerprint density at radius 1 is 0.962 bits per heavy atom. The summed E-state index contributed by atoms with van der Waals surface area (Å²) < 4.78 is 5.91. The minimum Gasteiger partial charge on any atom is -0.493 e. The highest BCUT2D eigenvalue weighted by Gasteiger charge is 2.34. The van der Waals surface area contributed by atoms with Crippen LogP contribution < -0.4 is 4.74 Å². The van der Waals surface area contributed by atoms with Gasteiger partial charge in [-0.05, 0) is 29.9 Å². The Morgan fingerprint density at radius 3 is 2.00 bits per heavy atom. The van der Waals surface area contributed by atoms with Gasteiger partial charge in [0.1, 0.15) is 5.75 Å². The zero-order chi connectivity index (χ0) is 19.9. The number of benzene rings is 1. The molecule has 2 atom stereocenters. The predicted molar refractivity (Wildman–Crippen MR) is 102 cm³/mol. The highest BCUT2D eigenvalue weighted by atomic mass is 16.5. The van der Waals surface area contributed by atoms with Crippen molar-refractivity contribution in [2.75, 3.05) is 6.61 Å². The molecule has 2 N–H and O–H groups in total. The molecular weight excluding hydrogens is 332 g/mol. The average Bonchev–Trinajstić information content (AvgIpc) is 2.52. The highest BCUT2D eigenvalue weighted by molar-refractivity contribution is 5.82. The van der Waals surface area contributed by atoms with Crippen molar-refractivity contribution in [1.82, 2.24) is 0 Å². The first-order valence-corrected chi connectivity index (χ1v) is 9.43. The van der Waals surface area contributed by atoms with Crippen LogP contribution in [0.2, 0.25) is 0 Å². The number of aliphatic carboxylic acids is 2. The number of hydrogen-bond donors (Lipinski definition) is 2. The Kier molecular flexibility index (Phi) is 8.62. The van der Waals surface area contributed by atoms with Crippen LogP contribution in [-0.4, -0.2) is 28.8 Å². The van der Waals surface area contributed by atoms with E-state index in [0.29, 0.717) is 23.5 Å². The first-order valence-electron chi connectivity index (χ1n) is 9.43. The molecule has 1 aromatic carbocycles. The second-order valence-corrected chi connectivity index (χ2v) is 7.43. The van der Waals surface area contributed by atoms with Gasteiger partial charge in [0.05, 0.1) is 18.4 Å². The van der Waals surface area contributed by atoms with Crippen LogP contribution in [0.5, 0.6) is 5.75 Å². The standard InChI is InChI=1S/C21H32O5/c1-6-7-8-12-26-16-11-9-10-15(17(13(2)3)20(22)23)19(16)18(14(4)5)21(24)25/h9-11,13-14,17-18H,6-8,12H2,1-5H3,(H,22,23)(H,24,25). The van der Waals surface area contributed by atoms with Gasteiger partial charge in [-0.2, -0.15) is 0 Å². The average molecular weight is 364 g/mol. The van der Waals surface area contributed by atoms with Crippen LogP contribution in [0.3, 0.4) is 0 Å². The van der Waals surface area contributed by atoms with Crippen molar-refractivity contribution in [2.45, 2.75) is 65.7 Å². The molecule has 2 unspecified atom stereocenters. The lowest BCUT2D eigenvalue weighted by Crippen LogP contribution is -2.25. The number of ether oxygens (including phenoxy) is 1. The number of carboxylic acids is 2. The van der Waals surface area contributed by atoms with E-state index in [1.165, 1.54) is 0 Å². The summed E-state index contributed by atoms with van der Waals surface area (Å²) in [6, 6.07) is 5.24. The summed E-state index contributed by atoms with van der Waals surface area (Å²) in [5.74, 6) is -3.35. The van der Waals surface area contributed by atoms with Gasteiger partial charge < -0.3 is 14.9 Å². The summed E-state index contributed by atoms with van der Waals surface area (Å²) in [5.41, 5.74) is 1.05. The number of hydrogen-bond acceptors (Lipinski definition) is 3. The van der Waals surface area contributed by atoms with Crippen molar-refractivity contribution in [3.8, 4) is 5.75 Å².